The highest BCUT2D eigenvalue weighted by Crippen LogP contribution is 2.31. The van der Waals surface area contributed by atoms with Crippen LogP contribution in [0.15, 0.2) is 41.3 Å². The molecule has 1 aliphatic heterocycles. The van der Waals surface area contributed by atoms with E-state index < -0.39 is 11.3 Å². The van der Waals surface area contributed by atoms with E-state index in [0.717, 1.165) is 0 Å². The molecular formula is C14H12N2O4. The number of benzene rings is 1. The van der Waals surface area contributed by atoms with Gasteiger partial charge in [-0.05, 0) is 18.2 Å². The van der Waals surface area contributed by atoms with Gasteiger partial charge in [0.15, 0.2) is 5.75 Å². The number of carbonyl (C=O) groups excluding carboxylic acids is 1. The molecule has 0 radical (unpaired) electrons. The first-order chi connectivity index (χ1) is 9.66. The number of carbonyl (C=O) groups is 1. The quantitative estimate of drug-likeness (QED) is 0.815. The van der Waals surface area contributed by atoms with Crippen molar-refractivity contribution in [2.24, 2.45) is 0 Å². The number of hydrogen-bond donors (Lipinski definition) is 2. The Kier molecular flexibility index (Phi) is 2.90. The van der Waals surface area contributed by atoms with Gasteiger partial charge in [-0.3, -0.25) is 9.59 Å². The average molecular weight is 272 g/mol. The molecule has 0 aliphatic carbocycles. The fraction of sp³-hybridized carbons (Fsp3) is 0.143. The lowest BCUT2D eigenvalue weighted by Crippen LogP contribution is -2.38. The third kappa shape index (κ3) is 2.01. The highest BCUT2D eigenvalue weighted by Gasteiger charge is 2.24. The largest absolute Gasteiger partial charge is 0.503 e. The van der Waals surface area contributed by atoms with Gasteiger partial charge in [0.25, 0.3) is 11.5 Å². The summed E-state index contributed by atoms with van der Waals surface area (Å²) in [4.78, 5) is 27.5. The molecule has 2 heterocycles. The highest BCUT2D eigenvalue weighted by atomic mass is 16.5. The van der Waals surface area contributed by atoms with E-state index in [4.69, 9.17) is 4.74 Å². The zero-order valence-corrected chi connectivity index (χ0v) is 10.5. The van der Waals surface area contributed by atoms with Gasteiger partial charge < -0.3 is 19.7 Å². The summed E-state index contributed by atoms with van der Waals surface area (Å²) in [6.07, 6.45) is 1.29. The lowest BCUT2D eigenvalue weighted by atomic mass is 10.2. The molecule has 3 rings (SSSR count). The van der Waals surface area contributed by atoms with E-state index in [-0.39, 0.29) is 11.5 Å². The van der Waals surface area contributed by atoms with Crippen molar-refractivity contribution < 1.29 is 14.6 Å². The summed E-state index contributed by atoms with van der Waals surface area (Å²) < 4.78 is 5.48. The second-order valence-corrected chi connectivity index (χ2v) is 4.38. The van der Waals surface area contributed by atoms with E-state index in [1.807, 2.05) is 12.1 Å². The Balaban J connectivity index is 1.99. The summed E-state index contributed by atoms with van der Waals surface area (Å²) in [5.74, 6) is -0.134. The fourth-order valence-corrected chi connectivity index (χ4v) is 2.13. The van der Waals surface area contributed by atoms with Crippen molar-refractivity contribution in [3.8, 4) is 11.5 Å². The predicted molar refractivity (Wildman–Crippen MR) is 72.3 cm³/mol. The van der Waals surface area contributed by atoms with Gasteiger partial charge in [0.1, 0.15) is 12.4 Å². The van der Waals surface area contributed by atoms with Gasteiger partial charge in [-0.1, -0.05) is 12.1 Å². The number of pyridine rings is 1. The second kappa shape index (κ2) is 4.73. The average Bonchev–Trinajstić information content (AvgIpc) is 2.49. The summed E-state index contributed by atoms with van der Waals surface area (Å²) in [6.45, 7) is 0.813. The maximum absolute atomic E-state index is 12.5. The van der Waals surface area contributed by atoms with E-state index in [9.17, 15) is 14.7 Å². The fourth-order valence-electron chi connectivity index (χ4n) is 2.13. The molecule has 2 N–H and O–H groups in total. The number of rotatable bonds is 1. The van der Waals surface area contributed by atoms with Crippen LogP contribution in [0.4, 0.5) is 5.69 Å². The summed E-state index contributed by atoms with van der Waals surface area (Å²) in [7, 11) is 0. The SMILES string of the molecule is O=C(c1c[nH]c(=O)c(O)c1)N1CCOc2ccccc21. The summed E-state index contributed by atoms with van der Waals surface area (Å²) in [6, 6.07) is 8.40. The molecule has 2 aromatic rings. The molecule has 0 fully saturated rings. The molecule has 6 nitrogen and oxygen atoms in total. The number of anilines is 1. The van der Waals surface area contributed by atoms with Crippen molar-refractivity contribution in [2.75, 3.05) is 18.1 Å². The number of aromatic nitrogens is 1. The lowest BCUT2D eigenvalue weighted by molar-refractivity contribution is 0.0976. The van der Waals surface area contributed by atoms with Crippen molar-refractivity contribution in [1.29, 1.82) is 0 Å². The number of fused-ring (bicyclic) bond motifs is 1. The summed E-state index contributed by atoms with van der Waals surface area (Å²) in [5, 5.41) is 9.40. The van der Waals surface area contributed by atoms with Crippen molar-refractivity contribution in [2.45, 2.75) is 0 Å². The molecule has 1 aromatic heterocycles. The van der Waals surface area contributed by atoms with Gasteiger partial charge in [-0.15, -0.1) is 0 Å². The number of aromatic amines is 1. The molecule has 1 amide bonds. The summed E-state index contributed by atoms with van der Waals surface area (Å²) >= 11 is 0. The molecule has 20 heavy (non-hydrogen) atoms. The van der Waals surface area contributed by atoms with E-state index in [1.165, 1.54) is 12.3 Å². The number of nitrogens with one attached hydrogen (secondary N) is 1. The van der Waals surface area contributed by atoms with Gasteiger partial charge in [0.05, 0.1) is 17.8 Å². The smallest absolute Gasteiger partial charge is 0.290 e. The Morgan fingerprint density at radius 2 is 2.15 bits per heavy atom. The van der Waals surface area contributed by atoms with Crippen LogP contribution in [0.1, 0.15) is 10.4 Å². The number of aromatic hydroxyl groups is 1. The Labute approximate surface area is 114 Å². The first kappa shape index (κ1) is 12.3. The molecule has 0 spiro atoms. The molecular weight excluding hydrogens is 260 g/mol. The van der Waals surface area contributed by atoms with E-state index in [1.54, 1.807) is 17.0 Å². The van der Waals surface area contributed by atoms with Crippen LogP contribution in [0, 0.1) is 0 Å². The van der Waals surface area contributed by atoms with E-state index in [2.05, 4.69) is 4.98 Å². The Hall–Kier alpha value is -2.76. The molecule has 1 aromatic carbocycles. The molecule has 0 unspecified atom stereocenters. The van der Waals surface area contributed by atoms with E-state index in [0.29, 0.717) is 24.6 Å². The first-order valence-corrected chi connectivity index (χ1v) is 6.12. The van der Waals surface area contributed by atoms with Crippen LogP contribution in [-0.4, -0.2) is 29.1 Å². The van der Waals surface area contributed by atoms with Crippen molar-refractivity contribution in [3.63, 3.8) is 0 Å². The van der Waals surface area contributed by atoms with Crippen LogP contribution in [0.3, 0.4) is 0 Å². The van der Waals surface area contributed by atoms with Crippen molar-refractivity contribution >= 4 is 11.6 Å². The zero-order valence-electron chi connectivity index (χ0n) is 10.5. The minimum atomic E-state index is -0.621. The maximum Gasteiger partial charge on any atom is 0.290 e. The van der Waals surface area contributed by atoms with Crippen molar-refractivity contribution in [1.82, 2.24) is 4.98 Å². The normalized spacial score (nSPS) is 13.5. The van der Waals surface area contributed by atoms with Gasteiger partial charge in [-0.2, -0.15) is 0 Å². The minimum Gasteiger partial charge on any atom is -0.503 e. The van der Waals surface area contributed by atoms with Crippen molar-refractivity contribution in [3.05, 3.63) is 52.4 Å². The van der Waals surface area contributed by atoms with Crippen LogP contribution in [0.5, 0.6) is 11.5 Å². The van der Waals surface area contributed by atoms with Gasteiger partial charge >= 0.3 is 0 Å². The number of nitrogens with zero attached hydrogens (tertiary/aromatic N) is 1. The number of ether oxygens (including phenoxy) is 1. The predicted octanol–water partition coefficient (Wildman–Crippen LogP) is 1.12. The Morgan fingerprint density at radius 1 is 1.35 bits per heavy atom. The monoisotopic (exact) mass is 272 g/mol. The van der Waals surface area contributed by atoms with Gasteiger partial charge in [-0.25, -0.2) is 0 Å². The standard InChI is InChI=1S/C14H12N2O4/c17-11-7-9(8-15-13(11)18)14(19)16-5-6-20-12-4-2-1-3-10(12)16/h1-4,7-8,17H,5-6H2,(H,15,18). The van der Waals surface area contributed by atoms with Crippen LogP contribution in [0.25, 0.3) is 0 Å². The van der Waals surface area contributed by atoms with Gasteiger partial charge in [0, 0.05) is 6.20 Å². The van der Waals surface area contributed by atoms with E-state index >= 15 is 0 Å². The molecule has 0 atom stereocenters. The third-order valence-electron chi connectivity index (χ3n) is 3.10. The minimum absolute atomic E-state index is 0.221. The maximum atomic E-state index is 12.5. The molecule has 0 bridgehead atoms. The molecule has 102 valence electrons. The summed E-state index contributed by atoms with van der Waals surface area (Å²) in [5.41, 5.74) is 0.275. The number of H-pyrrole nitrogens is 1. The third-order valence-corrected chi connectivity index (χ3v) is 3.10. The Bertz CT molecular complexity index is 723. The highest BCUT2D eigenvalue weighted by molar-refractivity contribution is 6.07. The van der Waals surface area contributed by atoms with Crippen LogP contribution >= 0.6 is 0 Å². The Morgan fingerprint density at radius 3 is 2.95 bits per heavy atom. The van der Waals surface area contributed by atoms with Crippen LogP contribution < -0.4 is 15.2 Å². The topological polar surface area (TPSA) is 82.6 Å². The zero-order chi connectivity index (χ0) is 14.1. The molecule has 0 saturated carbocycles. The second-order valence-electron chi connectivity index (χ2n) is 4.38. The number of hydrogen-bond acceptors (Lipinski definition) is 4. The number of amides is 1. The molecule has 0 saturated heterocycles. The van der Waals surface area contributed by atoms with Crippen LogP contribution in [-0.2, 0) is 0 Å². The number of para-hydroxylation sites is 2. The molecule has 6 heteroatoms. The lowest BCUT2D eigenvalue weighted by Gasteiger charge is -2.29. The van der Waals surface area contributed by atoms with Gasteiger partial charge in [0.2, 0.25) is 0 Å². The van der Waals surface area contributed by atoms with Crippen LogP contribution in [0.2, 0.25) is 0 Å². The first-order valence-electron chi connectivity index (χ1n) is 6.12. The molecule has 1 aliphatic rings.